The molecular weight excluding hydrogens is 406 g/mol. The van der Waals surface area contributed by atoms with Crippen molar-refractivity contribution in [2.75, 3.05) is 21.9 Å². The molecule has 0 spiro atoms. The van der Waals surface area contributed by atoms with E-state index in [0.717, 1.165) is 11.3 Å². The van der Waals surface area contributed by atoms with Crippen molar-refractivity contribution in [2.24, 2.45) is 0 Å². The van der Waals surface area contributed by atoms with Crippen LogP contribution in [-0.2, 0) is 16.4 Å². The highest BCUT2D eigenvalue weighted by molar-refractivity contribution is 7.93. The van der Waals surface area contributed by atoms with Crippen LogP contribution < -0.4 is 9.62 Å². The first-order chi connectivity index (χ1) is 13.9. The van der Waals surface area contributed by atoms with E-state index in [1.165, 1.54) is 26.8 Å². The molecule has 2 heterocycles. The second-order valence-electron chi connectivity index (χ2n) is 7.04. The monoisotopic (exact) mass is 427 g/mol. The van der Waals surface area contributed by atoms with Crippen LogP contribution in [0.3, 0.4) is 0 Å². The van der Waals surface area contributed by atoms with Crippen molar-refractivity contribution in [3.05, 3.63) is 76.3 Å². The van der Waals surface area contributed by atoms with Crippen LogP contribution >= 0.6 is 11.3 Å². The molecule has 0 unspecified atom stereocenters. The topological polar surface area (TPSA) is 79.4 Å². The van der Waals surface area contributed by atoms with E-state index in [2.05, 4.69) is 41.5 Å². The Morgan fingerprint density at radius 3 is 2.72 bits per heavy atom. The lowest BCUT2D eigenvalue weighted by Crippen LogP contribution is -2.25. The predicted octanol–water partition coefficient (Wildman–Crippen LogP) is 3.83. The third kappa shape index (κ3) is 4.49. The molecule has 1 fully saturated rings. The van der Waals surface area contributed by atoms with Gasteiger partial charge in [-0.3, -0.25) is 14.4 Å². The van der Waals surface area contributed by atoms with Crippen molar-refractivity contribution in [1.29, 1.82) is 0 Å². The third-order valence-corrected chi connectivity index (χ3v) is 7.55. The summed E-state index contributed by atoms with van der Waals surface area (Å²) in [5, 5.41) is 3.34. The number of carbonyl (C=O) groups is 1. The van der Waals surface area contributed by atoms with Crippen LogP contribution in [0, 0.1) is 6.92 Å². The summed E-state index contributed by atoms with van der Waals surface area (Å²) in [6, 6.07) is 15.0. The van der Waals surface area contributed by atoms with Gasteiger partial charge in [-0.1, -0.05) is 35.9 Å². The Hall–Kier alpha value is -2.71. The highest BCUT2D eigenvalue weighted by atomic mass is 32.2. The molecule has 1 aliphatic heterocycles. The van der Waals surface area contributed by atoms with E-state index in [9.17, 15) is 13.2 Å². The summed E-state index contributed by atoms with van der Waals surface area (Å²) in [5.74, 6) is -0.161. The number of hydrogen-bond acceptors (Lipinski definition) is 5. The van der Waals surface area contributed by atoms with Gasteiger partial charge in [-0.25, -0.2) is 13.4 Å². The van der Waals surface area contributed by atoms with E-state index in [1.54, 1.807) is 30.5 Å². The molecule has 6 nitrogen and oxygen atoms in total. The smallest absolute Gasteiger partial charge is 0.257 e. The zero-order valence-electron chi connectivity index (χ0n) is 16.0. The van der Waals surface area contributed by atoms with Crippen molar-refractivity contribution in [3.8, 4) is 0 Å². The molecule has 1 saturated heterocycles. The van der Waals surface area contributed by atoms with E-state index in [0.29, 0.717) is 29.3 Å². The van der Waals surface area contributed by atoms with Crippen LogP contribution in [0.2, 0.25) is 0 Å². The van der Waals surface area contributed by atoms with Gasteiger partial charge >= 0.3 is 0 Å². The number of amides is 1. The summed E-state index contributed by atoms with van der Waals surface area (Å²) < 4.78 is 25.6. The Balaban J connectivity index is 1.45. The number of aryl methyl sites for hydroxylation is 1. The number of aromatic nitrogens is 1. The SMILES string of the molecule is Cc1ccc(Cc2cnc(NC(=O)c3cccc(N4CCCS4(=O)=O)c3)s2)cc1. The molecule has 0 saturated carbocycles. The Morgan fingerprint density at radius 1 is 1.21 bits per heavy atom. The highest BCUT2D eigenvalue weighted by Crippen LogP contribution is 2.26. The van der Waals surface area contributed by atoms with Crippen molar-refractivity contribution in [2.45, 2.75) is 19.8 Å². The van der Waals surface area contributed by atoms with E-state index < -0.39 is 10.0 Å². The first kappa shape index (κ1) is 19.6. The zero-order chi connectivity index (χ0) is 20.4. The Bertz CT molecular complexity index is 1140. The predicted molar refractivity (Wildman–Crippen MR) is 116 cm³/mol. The summed E-state index contributed by atoms with van der Waals surface area (Å²) >= 11 is 1.43. The molecular formula is C21H21N3O3S2. The third-order valence-electron chi connectivity index (χ3n) is 4.77. The maximum Gasteiger partial charge on any atom is 0.257 e. The molecule has 0 bridgehead atoms. The number of anilines is 2. The summed E-state index contributed by atoms with van der Waals surface area (Å²) in [6.45, 7) is 2.50. The van der Waals surface area contributed by atoms with Gasteiger partial charge in [-0.05, 0) is 37.1 Å². The summed E-state index contributed by atoms with van der Waals surface area (Å²) in [5.41, 5.74) is 3.33. The molecule has 1 aliphatic rings. The molecule has 3 aromatic rings. The summed E-state index contributed by atoms with van der Waals surface area (Å²) in [4.78, 5) is 18.0. The van der Waals surface area contributed by atoms with Crippen LogP contribution in [-0.4, -0.2) is 31.6 Å². The normalized spacial score (nSPS) is 15.4. The number of benzene rings is 2. The molecule has 1 amide bonds. The molecule has 8 heteroatoms. The van der Waals surface area contributed by atoms with E-state index in [4.69, 9.17) is 0 Å². The van der Waals surface area contributed by atoms with Gasteiger partial charge in [0.2, 0.25) is 10.0 Å². The van der Waals surface area contributed by atoms with E-state index in [1.807, 2.05) is 0 Å². The minimum atomic E-state index is -3.28. The number of nitrogens with one attached hydrogen (secondary N) is 1. The Labute approximate surface area is 174 Å². The van der Waals surface area contributed by atoms with Gasteiger partial charge in [0, 0.05) is 29.6 Å². The van der Waals surface area contributed by atoms with Gasteiger partial charge < -0.3 is 0 Å². The van der Waals surface area contributed by atoms with Gasteiger partial charge in [0.05, 0.1) is 11.4 Å². The van der Waals surface area contributed by atoms with Crippen LogP contribution in [0.25, 0.3) is 0 Å². The number of nitrogens with zero attached hydrogens (tertiary/aromatic N) is 2. The molecule has 0 aliphatic carbocycles. The first-order valence-electron chi connectivity index (χ1n) is 9.33. The minimum absolute atomic E-state index is 0.145. The second kappa shape index (κ2) is 7.96. The maximum absolute atomic E-state index is 12.6. The van der Waals surface area contributed by atoms with Gasteiger partial charge in [-0.2, -0.15) is 0 Å². The van der Waals surface area contributed by atoms with Crippen molar-refractivity contribution >= 4 is 38.1 Å². The van der Waals surface area contributed by atoms with E-state index >= 15 is 0 Å². The number of rotatable bonds is 5. The fourth-order valence-corrected chi connectivity index (χ4v) is 5.65. The van der Waals surface area contributed by atoms with Crippen LogP contribution in [0.4, 0.5) is 10.8 Å². The lowest BCUT2D eigenvalue weighted by atomic mass is 10.1. The standard InChI is InChI=1S/C21H21N3O3S2/c1-15-6-8-16(9-7-15)12-19-14-22-21(28-19)23-20(25)17-4-2-5-18(13-17)24-10-3-11-29(24,26)27/h2,4-9,13-14H,3,10-12H2,1H3,(H,22,23,25). The molecule has 2 aromatic carbocycles. The Morgan fingerprint density at radius 2 is 2.00 bits per heavy atom. The van der Waals surface area contributed by atoms with Gasteiger partial charge in [0.1, 0.15) is 0 Å². The lowest BCUT2D eigenvalue weighted by molar-refractivity contribution is 0.102. The zero-order valence-corrected chi connectivity index (χ0v) is 17.6. The fourth-order valence-electron chi connectivity index (χ4n) is 3.26. The largest absolute Gasteiger partial charge is 0.298 e. The van der Waals surface area contributed by atoms with Gasteiger partial charge in [-0.15, -0.1) is 11.3 Å². The number of carbonyl (C=O) groups excluding carboxylic acids is 1. The number of sulfonamides is 1. The van der Waals surface area contributed by atoms with Crippen molar-refractivity contribution in [3.63, 3.8) is 0 Å². The Kier molecular flexibility index (Phi) is 5.38. The highest BCUT2D eigenvalue weighted by Gasteiger charge is 2.28. The summed E-state index contributed by atoms with van der Waals surface area (Å²) in [7, 11) is -3.28. The first-order valence-corrected chi connectivity index (χ1v) is 11.8. The molecule has 0 radical (unpaired) electrons. The van der Waals surface area contributed by atoms with E-state index in [-0.39, 0.29) is 11.7 Å². The van der Waals surface area contributed by atoms with Crippen molar-refractivity contribution in [1.82, 2.24) is 4.98 Å². The number of hydrogen-bond donors (Lipinski definition) is 1. The van der Waals surface area contributed by atoms with Crippen LogP contribution in [0.1, 0.15) is 32.8 Å². The molecule has 150 valence electrons. The minimum Gasteiger partial charge on any atom is -0.298 e. The molecule has 1 aromatic heterocycles. The fraction of sp³-hybridized carbons (Fsp3) is 0.238. The number of thiazole rings is 1. The van der Waals surface area contributed by atoms with Crippen LogP contribution in [0.5, 0.6) is 0 Å². The lowest BCUT2D eigenvalue weighted by Gasteiger charge is -2.17. The molecule has 4 rings (SSSR count). The quantitative estimate of drug-likeness (QED) is 0.671. The summed E-state index contributed by atoms with van der Waals surface area (Å²) in [6.07, 6.45) is 3.13. The van der Waals surface area contributed by atoms with Gasteiger partial charge in [0.15, 0.2) is 5.13 Å². The molecule has 29 heavy (non-hydrogen) atoms. The maximum atomic E-state index is 12.6. The van der Waals surface area contributed by atoms with Gasteiger partial charge in [0.25, 0.3) is 5.91 Å². The molecule has 0 atom stereocenters. The second-order valence-corrected chi connectivity index (χ2v) is 10.2. The average Bonchev–Trinajstić information content (AvgIpc) is 3.29. The molecule has 1 N–H and O–H groups in total. The van der Waals surface area contributed by atoms with Crippen molar-refractivity contribution < 1.29 is 13.2 Å². The van der Waals surface area contributed by atoms with Crippen LogP contribution in [0.15, 0.2) is 54.7 Å². The average molecular weight is 428 g/mol.